The molecule has 2 atom stereocenters. The number of nitrogens with two attached hydrogens (primary N) is 1. The molecule has 158 valence electrons. The fourth-order valence-electron chi connectivity index (χ4n) is 4.29. The van der Waals surface area contributed by atoms with Gasteiger partial charge in [0.1, 0.15) is 11.4 Å². The summed E-state index contributed by atoms with van der Waals surface area (Å²) in [6, 6.07) is 11.8. The molecule has 0 saturated heterocycles. The molecule has 0 unspecified atom stereocenters. The van der Waals surface area contributed by atoms with Gasteiger partial charge >= 0.3 is 0 Å². The van der Waals surface area contributed by atoms with Crippen molar-refractivity contribution in [3.05, 3.63) is 76.0 Å². The number of hydrogen-bond acceptors (Lipinski definition) is 5. The number of rotatable bonds is 4. The Morgan fingerprint density at radius 2 is 1.84 bits per heavy atom. The van der Waals surface area contributed by atoms with Gasteiger partial charge in [0.2, 0.25) is 5.91 Å². The molecule has 31 heavy (non-hydrogen) atoms. The average Bonchev–Trinajstić information content (AvgIpc) is 3.48. The van der Waals surface area contributed by atoms with Gasteiger partial charge in [0.15, 0.2) is 5.96 Å². The molecule has 1 aromatic carbocycles. The van der Waals surface area contributed by atoms with Crippen LogP contribution in [-0.2, 0) is 10.3 Å². The summed E-state index contributed by atoms with van der Waals surface area (Å²) in [6.45, 7) is 1.95. The number of benzene rings is 1. The number of likely N-dealkylation sites (N-methyl/N-ethyl adjacent to an activating group) is 1. The van der Waals surface area contributed by atoms with Crippen LogP contribution in [0.15, 0.2) is 59.2 Å². The second-order valence-electron chi connectivity index (χ2n) is 8.48. The van der Waals surface area contributed by atoms with Gasteiger partial charge in [-0.25, -0.2) is 9.38 Å². The Bertz CT molecular complexity index is 1180. The molecule has 1 saturated carbocycles. The number of aliphatic imine (C=N–C) groups is 1. The molecular formula is C24H23FN4OS. The lowest BCUT2D eigenvalue weighted by atomic mass is 9.77. The van der Waals surface area contributed by atoms with Crippen LogP contribution in [0.2, 0.25) is 0 Å². The van der Waals surface area contributed by atoms with Crippen molar-refractivity contribution in [2.75, 3.05) is 7.05 Å². The van der Waals surface area contributed by atoms with Gasteiger partial charge in [-0.3, -0.25) is 14.7 Å². The summed E-state index contributed by atoms with van der Waals surface area (Å²) in [4.78, 5) is 24.4. The summed E-state index contributed by atoms with van der Waals surface area (Å²) in [7, 11) is 1.66. The largest absolute Gasteiger partial charge is 0.369 e. The van der Waals surface area contributed by atoms with Crippen molar-refractivity contribution >= 4 is 23.2 Å². The fraction of sp³-hybridized carbons (Fsp3) is 0.292. The van der Waals surface area contributed by atoms with Gasteiger partial charge in [0, 0.05) is 23.7 Å². The standard InChI is InChI=1S/C24H23FN4OS/c1-24(20-10-18(13-31-20)17-9-19(25)12-27-11-17)21(22(30)29(2)23(26)28-24)16-7-5-15(6-8-16)14-3-4-14/h5-14,21H,3-4H2,1-2H3,(H2,26,28)/t21-,24-/m1/s1. The van der Waals surface area contributed by atoms with E-state index in [1.54, 1.807) is 13.2 Å². The van der Waals surface area contributed by atoms with Gasteiger partial charge in [-0.1, -0.05) is 24.3 Å². The van der Waals surface area contributed by atoms with Crippen molar-refractivity contribution in [1.29, 1.82) is 0 Å². The molecule has 7 heteroatoms. The predicted molar refractivity (Wildman–Crippen MR) is 120 cm³/mol. The van der Waals surface area contributed by atoms with Crippen molar-refractivity contribution in [3.8, 4) is 11.1 Å². The van der Waals surface area contributed by atoms with Crippen molar-refractivity contribution < 1.29 is 9.18 Å². The Balaban J connectivity index is 1.59. The van der Waals surface area contributed by atoms with Crippen LogP contribution in [0.4, 0.5) is 4.39 Å². The van der Waals surface area contributed by atoms with Crippen LogP contribution in [0.1, 0.15) is 47.6 Å². The number of hydrogen-bond donors (Lipinski definition) is 1. The third-order valence-electron chi connectivity index (χ3n) is 6.29. The van der Waals surface area contributed by atoms with Crippen LogP contribution in [0.5, 0.6) is 0 Å². The first-order valence-corrected chi connectivity index (χ1v) is 11.2. The van der Waals surface area contributed by atoms with Gasteiger partial charge in [-0.2, -0.15) is 0 Å². The van der Waals surface area contributed by atoms with Gasteiger partial charge in [0.25, 0.3) is 0 Å². The second kappa shape index (κ2) is 7.27. The first-order valence-electron chi connectivity index (χ1n) is 10.3. The van der Waals surface area contributed by atoms with E-state index >= 15 is 0 Å². The zero-order chi connectivity index (χ0) is 21.8. The highest BCUT2D eigenvalue weighted by Gasteiger charge is 2.48. The second-order valence-corrected chi connectivity index (χ2v) is 9.39. The number of carbonyl (C=O) groups is 1. The van der Waals surface area contributed by atoms with E-state index in [0.29, 0.717) is 11.5 Å². The molecule has 2 N–H and O–H groups in total. The number of nitrogens with zero attached hydrogens (tertiary/aromatic N) is 3. The van der Waals surface area contributed by atoms with Crippen LogP contribution in [0.3, 0.4) is 0 Å². The molecule has 1 amide bonds. The molecule has 1 aliphatic heterocycles. The molecule has 2 aromatic heterocycles. The molecule has 0 spiro atoms. The summed E-state index contributed by atoms with van der Waals surface area (Å²) in [6.07, 6.45) is 5.27. The van der Waals surface area contributed by atoms with Crippen molar-refractivity contribution in [1.82, 2.24) is 9.88 Å². The SMILES string of the molecule is CN1C(=O)[C@@H](c2ccc(C3CC3)cc2)[C@@](C)(c2cc(-c3cncc(F)c3)cs2)N=C1N. The van der Waals surface area contributed by atoms with Gasteiger partial charge in [0.05, 0.1) is 12.1 Å². The highest BCUT2D eigenvalue weighted by Crippen LogP contribution is 2.47. The van der Waals surface area contributed by atoms with Crippen LogP contribution in [-0.4, -0.2) is 28.8 Å². The Morgan fingerprint density at radius 3 is 2.52 bits per heavy atom. The minimum atomic E-state index is -0.863. The van der Waals surface area contributed by atoms with Crippen molar-refractivity contribution in [2.45, 2.75) is 37.1 Å². The summed E-state index contributed by atoms with van der Waals surface area (Å²) < 4.78 is 13.7. The molecule has 3 heterocycles. The quantitative estimate of drug-likeness (QED) is 0.652. The summed E-state index contributed by atoms with van der Waals surface area (Å²) in [5.41, 5.74) is 9.04. The minimum Gasteiger partial charge on any atom is -0.369 e. The van der Waals surface area contributed by atoms with E-state index in [1.165, 1.54) is 46.9 Å². The summed E-state index contributed by atoms with van der Waals surface area (Å²) in [5, 5.41) is 1.94. The molecule has 1 aliphatic carbocycles. The Labute approximate surface area is 184 Å². The number of carbonyl (C=O) groups excluding carboxylic acids is 1. The lowest BCUT2D eigenvalue weighted by Crippen LogP contribution is -2.52. The molecule has 5 nitrogen and oxygen atoms in total. The summed E-state index contributed by atoms with van der Waals surface area (Å²) >= 11 is 1.49. The van der Waals surface area contributed by atoms with Crippen molar-refractivity contribution in [3.63, 3.8) is 0 Å². The number of thiophene rings is 1. The van der Waals surface area contributed by atoms with Crippen LogP contribution in [0.25, 0.3) is 11.1 Å². The third kappa shape index (κ3) is 3.43. The Hall–Kier alpha value is -3.06. The lowest BCUT2D eigenvalue weighted by molar-refractivity contribution is -0.130. The maximum absolute atomic E-state index is 13.7. The maximum Gasteiger partial charge on any atom is 0.239 e. The van der Waals surface area contributed by atoms with Crippen LogP contribution < -0.4 is 5.73 Å². The number of halogens is 1. The summed E-state index contributed by atoms with van der Waals surface area (Å²) in [5.74, 6) is -0.132. The average molecular weight is 435 g/mol. The first kappa shape index (κ1) is 19.9. The monoisotopic (exact) mass is 434 g/mol. The fourth-order valence-corrected chi connectivity index (χ4v) is 5.34. The number of pyridine rings is 1. The zero-order valence-electron chi connectivity index (χ0n) is 17.4. The van der Waals surface area contributed by atoms with Crippen LogP contribution in [0, 0.1) is 5.82 Å². The van der Waals surface area contributed by atoms with E-state index in [9.17, 15) is 9.18 Å². The zero-order valence-corrected chi connectivity index (χ0v) is 18.2. The van der Waals surface area contributed by atoms with E-state index in [2.05, 4.69) is 17.1 Å². The van der Waals surface area contributed by atoms with E-state index in [4.69, 9.17) is 10.7 Å². The first-order chi connectivity index (χ1) is 14.9. The lowest BCUT2D eigenvalue weighted by Gasteiger charge is -2.40. The number of guanidine groups is 1. The smallest absolute Gasteiger partial charge is 0.239 e. The molecule has 5 rings (SSSR count). The van der Waals surface area contributed by atoms with Crippen LogP contribution >= 0.6 is 11.3 Å². The molecule has 3 aromatic rings. The van der Waals surface area contributed by atoms with E-state index in [1.807, 2.05) is 30.5 Å². The topological polar surface area (TPSA) is 71.6 Å². The molecule has 0 bridgehead atoms. The number of aromatic nitrogens is 1. The third-order valence-corrected chi connectivity index (χ3v) is 7.44. The highest BCUT2D eigenvalue weighted by atomic mass is 32.1. The minimum absolute atomic E-state index is 0.0865. The van der Waals surface area contributed by atoms with Gasteiger partial charge in [-0.05, 0) is 59.9 Å². The molecule has 0 radical (unpaired) electrons. The van der Waals surface area contributed by atoms with Gasteiger partial charge < -0.3 is 5.73 Å². The van der Waals surface area contributed by atoms with E-state index < -0.39 is 11.5 Å². The maximum atomic E-state index is 13.7. The van der Waals surface area contributed by atoms with Crippen molar-refractivity contribution in [2.24, 2.45) is 10.7 Å². The molecule has 2 aliphatic rings. The highest BCUT2D eigenvalue weighted by molar-refractivity contribution is 7.10. The van der Waals surface area contributed by atoms with Gasteiger partial charge in [-0.15, -0.1) is 11.3 Å². The Kier molecular flexibility index (Phi) is 4.66. The molecular weight excluding hydrogens is 411 g/mol. The Morgan fingerprint density at radius 1 is 1.13 bits per heavy atom. The normalized spacial score (nSPS) is 23.7. The number of amides is 1. The molecule has 1 fully saturated rings. The predicted octanol–water partition coefficient (Wildman–Crippen LogP) is 4.61. The van der Waals surface area contributed by atoms with E-state index in [0.717, 1.165) is 16.0 Å². The van der Waals surface area contributed by atoms with E-state index in [-0.39, 0.29) is 17.7 Å².